The Hall–Kier alpha value is -1.69. The fraction of sp³-hybridized carbons (Fsp3) is 0.615. The molecule has 104 valence electrons. The van der Waals surface area contributed by atoms with Gasteiger partial charge in [-0.25, -0.2) is 4.98 Å². The van der Waals surface area contributed by atoms with Gasteiger partial charge in [-0.2, -0.15) is 0 Å². The molecule has 6 nitrogen and oxygen atoms in total. The first kappa shape index (κ1) is 13.7. The largest absolute Gasteiger partial charge is 0.376 e. The molecule has 0 saturated carbocycles. The third kappa shape index (κ3) is 3.64. The number of aromatic nitrogens is 2. The normalized spacial score (nSPS) is 20.0. The van der Waals surface area contributed by atoms with Gasteiger partial charge in [0.05, 0.1) is 24.5 Å². The van der Waals surface area contributed by atoms with Gasteiger partial charge in [-0.3, -0.25) is 9.78 Å². The third-order valence-corrected chi connectivity index (χ3v) is 3.11. The molecule has 0 aromatic carbocycles. The van der Waals surface area contributed by atoms with Gasteiger partial charge in [0.15, 0.2) is 0 Å². The molecule has 1 aliphatic rings. The van der Waals surface area contributed by atoms with Crippen LogP contribution in [-0.4, -0.2) is 41.2 Å². The predicted octanol–water partition coefficient (Wildman–Crippen LogP) is 1.21. The van der Waals surface area contributed by atoms with Gasteiger partial charge < -0.3 is 15.4 Å². The van der Waals surface area contributed by atoms with E-state index in [4.69, 9.17) is 4.74 Å². The molecule has 1 fully saturated rings. The maximum atomic E-state index is 12.1. The summed E-state index contributed by atoms with van der Waals surface area (Å²) in [6, 6.07) is -0.0143. The van der Waals surface area contributed by atoms with Gasteiger partial charge in [0.1, 0.15) is 11.5 Å². The smallest absolute Gasteiger partial charge is 0.271 e. The number of amides is 1. The van der Waals surface area contributed by atoms with E-state index in [1.807, 2.05) is 13.8 Å². The molecular weight excluding hydrogens is 244 g/mol. The summed E-state index contributed by atoms with van der Waals surface area (Å²) in [6.45, 7) is 5.44. The topological polar surface area (TPSA) is 76.1 Å². The van der Waals surface area contributed by atoms with Crippen LogP contribution in [0.2, 0.25) is 0 Å². The van der Waals surface area contributed by atoms with E-state index in [0.29, 0.717) is 11.5 Å². The van der Waals surface area contributed by atoms with Crippen molar-refractivity contribution in [2.24, 2.45) is 0 Å². The van der Waals surface area contributed by atoms with Crippen molar-refractivity contribution in [1.82, 2.24) is 15.3 Å². The Labute approximate surface area is 113 Å². The molecule has 2 N–H and O–H groups in total. The molecule has 1 saturated heterocycles. The van der Waals surface area contributed by atoms with Crippen molar-refractivity contribution in [2.75, 3.05) is 18.5 Å². The van der Waals surface area contributed by atoms with Crippen LogP contribution in [0.25, 0.3) is 0 Å². The maximum absolute atomic E-state index is 12.1. The summed E-state index contributed by atoms with van der Waals surface area (Å²) in [5.74, 6) is 0.398. The second-order valence-electron chi connectivity index (χ2n) is 4.63. The second kappa shape index (κ2) is 6.47. The minimum absolute atomic E-state index is 0.0143. The van der Waals surface area contributed by atoms with Gasteiger partial charge in [-0.1, -0.05) is 0 Å². The molecule has 0 spiro atoms. The number of carbonyl (C=O) groups is 1. The standard InChI is InChI=1S/C13H20N4O2/c1-3-15-12-8-14-7-10(17-12)13(18)16-9(2)11-5-4-6-19-11/h7-9,11H,3-6H2,1-2H3,(H,15,17)(H,16,18). The zero-order valence-electron chi connectivity index (χ0n) is 11.3. The van der Waals surface area contributed by atoms with E-state index in [0.717, 1.165) is 26.0 Å². The first-order valence-corrected chi connectivity index (χ1v) is 6.69. The summed E-state index contributed by atoms with van der Waals surface area (Å²) in [6.07, 6.45) is 5.22. The molecule has 2 heterocycles. The molecule has 1 amide bonds. The van der Waals surface area contributed by atoms with Crippen LogP contribution in [0.15, 0.2) is 12.4 Å². The Bertz CT molecular complexity index is 432. The first-order chi connectivity index (χ1) is 9.20. The Morgan fingerprint density at radius 2 is 2.42 bits per heavy atom. The maximum Gasteiger partial charge on any atom is 0.271 e. The highest BCUT2D eigenvalue weighted by Crippen LogP contribution is 2.15. The molecule has 1 aromatic heterocycles. The number of hydrogen-bond acceptors (Lipinski definition) is 5. The molecule has 6 heteroatoms. The molecule has 0 bridgehead atoms. The van der Waals surface area contributed by atoms with E-state index in [-0.39, 0.29) is 18.1 Å². The lowest BCUT2D eigenvalue weighted by molar-refractivity contribution is 0.0709. The highest BCUT2D eigenvalue weighted by molar-refractivity contribution is 5.92. The molecule has 0 aliphatic carbocycles. The van der Waals surface area contributed by atoms with Gasteiger partial charge in [0.25, 0.3) is 5.91 Å². The molecule has 2 unspecified atom stereocenters. The van der Waals surface area contributed by atoms with Crippen LogP contribution >= 0.6 is 0 Å². The molecular formula is C13H20N4O2. The third-order valence-electron chi connectivity index (χ3n) is 3.11. The van der Waals surface area contributed by atoms with Gasteiger partial charge >= 0.3 is 0 Å². The van der Waals surface area contributed by atoms with E-state index in [2.05, 4.69) is 20.6 Å². The number of carbonyl (C=O) groups excluding carboxylic acids is 1. The lowest BCUT2D eigenvalue weighted by Gasteiger charge is -2.19. The second-order valence-corrected chi connectivity index (χ2v) is 4.63. The van der Waals surface area contributed by atoms with E-state index in [1.165, 1.54) is 6.20 Å². The van der Waals surface area contributed by atoms with Crippen LogP contribution < -0.4 is 10.6 Å². The number of ether oxygens (including phenoxy) is 1. The average Bonchev–Trinajstić information content (AvgIpc) is 2.93. The quantitative estimate of drug-likeness (QED) is 0.836. The number of nitrogens with one attached hydrogen (secondary N) is 2. The first-order valence-electron chi connectivity index (χ1n) is 6.69. The lowest BCUT2D eigenvalue weighted by atomic mass is 10.1. The summed E-state index contributed by atoms with van der Waals surface area (Å²) in [4.78, 5) is 20.3. The van der Waals surface area contributed by atoms with E-state index in [1.54, 1.807) is 6.20 Å². The van der Waals surface area contributed by atoms with Crippen molar-refractivity contribution >= 4 is 11.7 Å². The fourth-order valence-electron chi connectivity index (χ4n) is 2.11. The predicted molar refractivity (Wildman–Crippen MR) is 72.1 cm³/mol. The highest BCUT2D eigenvalue weighted by Gasteiger charge is 2.24. The van der Waals surface area contributed by atoms with Crippen LogP contribution in [0.1, 0.15) is 37.2 Å². The van der Waals surface area contributed by atoms with Crippen LogP contribution in [0.3, 0.4) is 0 Å². The van der Waals surface area contributed by atoms with Gasteiger partial charge in [-0.15, -0.1) is 0 Å². The van der Waals surface area contributed by atoms with Crippen LogP contribution in [0.5, 0.6) is 0 Å². The Kier molecular flexibility index (Phi) is 4.68. The number of hydrogen-bond donors (Lipinski definition) is 2. The highest BCUT2D eigenvalue weighted by atomic mass is 16.5. The SMILES string of the molecule is CCNc1cncc(C(=O)NC(C)C2CCCO2)n1. The number of anilines is 1. The minimum atomic E-state index is -0.213. The molecule has 19 heavy (non-hydrogen) atoms. The zero-order valence-corrected chi connectivity index (χ0v) is 11.3. The number of rotatable bonds is 5. The number of nitrogens with zero attached hydrogens (tertiary/aromatic N) is 2. The van der Waals surface area contributed by atoms with E-state index >= 15 is 0 Å². The summed E-state index contributed by atoms with van der Waals surface area (Å²) >= 11 is 0. The monoisotopic (exact) mass is 264 g/mol. The van der Waals surface area contributed by atoms with Gasteiger partial charge in [0.2, 0.25) is 0 Å². The molecule has 0 radical (unpaired) electrons. The van der Waals surface area contributed by atoms with Crippen LogP contribution in [0, 0.1) is 0 Å². The Morgan fingerprint density at radius 3 is 3.11 bits per heavy atom. The molecule has 1 aliphatic heterocycles. The summed E-state index contributed by atoms with van der Waals surface area (Å²) in [5.41, 5.74) is 0.322. The Morgan fingerprint density at radius 1 is 1.58 bits per heavy atom. The van der Waals surface area contributed by atoms with Crippen LogP contribution in [0.4, 0.5) is 5.82 Å². The van der Waals surface area contributed by atoms with Crippen molar-refractivity contribution < 1.29 is 9.53 Å². The molecule has 2 rings (SSSR count). The van der Waals surface area contributed by atoms with Crippen molar-refractivity contribution in [3.63, 3.8) is 0 Å². The van der Waals surface area contributed by atoms with E-state index in [9.17, 15) is 4.79 Å². The lowest BCUT2D eigenvalue weighted by Crippen LogP contribution is -2.41. The van der Waals surface area contributed by atoms with Crippen molar-refractivity contribution in [3.05, 3.63) is 18.1 Å². The van der Waals surface area contributed by atoms with Gasteiger partial charge in [0, 0.05) is 13.2 Å². The van der Waals surface area contributed by atoms with Crippen LogP contribution in [-0.2, 0) is 4.74 Å². The van der Waals surface area contributed by atoms with Crippen molar-refractivity contribution in [2.45, 2.75) is 38.8 Å². The van der Waals surface area contributed by atoms with Gasteiger partial charge in [-0.05, 0) is 26.7 Å². The summed E-state index contributed by atoms with van der Waals surface area (Å²) < 4.78 is 5.55. The molecule has 1 aromatic rings. The van der Waals surface area contributed by atoms with Crippen molar-refractivity contribution in [1.29, 1.82) is 0 Å². The fourth-order valence-corrected chi connectivity index (χ4v) is 2.11. The Balaban J connectivity index is 1.96. The summed E-state index contributed by atoms with van der Waals surface area (Å²) in [7, 11) is 0. The molecule has 2 atom stereocenters. The van der Waals surface area contributed by atoms with Crippen molar-refractivity contribution in [3.8, 4) is 0 Å². The zero-order chi connectivity index (χ0) is 13.7. The van der Waals surface area contributed by atoms with E-state index < -0.39 is 0 Å². The summed E-state index contributed by atoms with van der Waals surface area (Å²) in [5, 5.41) is 5.95. The minimum Gasteiger partial charge on any atom is -0.376 e. The average molecular weight is 264 g/mol.